The molecule has 0 N–H and O–H groups in total. The van der Waals surface area contributed by atoms with Crippen LogP contribution in [0.5, 0.6) is 0 Å². The minimum Gasteiger partial charge on any atom is -0.192 e. The zero-order valence-corrected chi connectivity index (χ0v) is 29.6. The first-order valence-electron chi connectivity index (χ1n) is 17.4. The summed E-state index contributed by atoms with van der Waals surface area (Å²) in [5, 5.41) is 15.2. The molecule has 0 unspecified atom stereocenters. The molecule has 0 saturated carbocycles. The lowest BCUT2D eigenvalue weighted by atomic mass is 9.93. The molecule has 0 atom stereocenters. The molecule has 0 radical (unpaired) electrons. The Kier molecular flexibility index (Phi) is 7.32. The van der Waals surface area contributed by atoms with Crippen molar-refractivity contribution >= 4 is 63.0 Å². The summed E-state index contributed by atoms with van der Waals surface area (Å²) in [7, 11) is 0. The molecular formula is C49H29NS2. The SMILES string of the molecule is N#Cc1cc(-c2ccc(-c3cccc(-c4ccc(-c5cccc6c5sc5ccccc56)cc4)c3)cc2)cc(-c2cccc3c2sc2ccccc23)c1. The van der Waals surface area contributed by atoms with Gasteiger partial charge in [-0.3, -0.25) is 0 Å². The van der Waals surface area contributed by atoms with Gasteiger partial charge < -0.3 is 0 Å². The average molecular weight is 696 g/mol. The molecular weight excluding hydrogens is 667 g/mol. The molecule has 10 aromatic rings. The number of rotatable bonds is 5. The molecule has 8 aromatic carbocycles. The van der Waals surface area contributed by atoms with E-state index in [1.807, 2.05) is 34.8 Å². The Balaban J connectivity index is 0.951. The smallest absolute Gasteiger partial charge is 0.0992 e. The molecule has 0 bridgehead atoms. The molecule has 2 aromatic heterocycles. The third-order valence-corrected chi connectivity index (χ3v) is 12.6. The van der Waals surface area contributed by atoms with Crippen LogP contribution in [0.25, 0.3) is 96.0 Å². The monoisotopic (exact) mass is 695 g/mol. The van der Waals surface area contributed by atoms with Crippen molar-refractivity contribution < 1.29 is 0 Å². The second-order valence-corrected chi connectivity index (χ2v) is 15.3. The topological polar surface area (TPSA) is 23.8 Å². The summed E-state index contributed by atoms with van der Waals surface area (Å²) in [6.45, 7) is 0. The van der Waals surface area contributed by atoms with E-state index in [-0.39, 0.29) is 0 Å². The minimum atomic E-state index is 0.661. The Bertz CT molecular complexity index is 3010. The van der Waals surface area contributed by atoms with Crippen LogP contribution < -0.4 is 0 Å². The highest BCUT2D eigenvalue weighted by atomic mass is 32.1. The van der Waals surface area contributed by atoms with E-state index in [4.69, 9.17) is 0 Å². The number of benzene rings is 8. The highest BCUT2D eigenvalue weighted by Crippen LogP contribution is 2.42. The van der Waals surface area contributed by atoms with E-state index in [9.17, 15) is 5.26 Å². The van der Waals surface area contributed by atoms with Crippen LogP contribution >= 0.6 is 22.7 Å². The van der Waals surface area contributed by atoms with Crippen molar-refractivity contribution in [2.75, 3.05) is 0 Å². The molecule has 0 amide bonds. The van der Waals surface area contributed by atoms with Gasteiger partial charge in [0.25, 0.3) is 0 Å². The van der Waals surface area contributed by atoms with Crippen LogP contribution in [0.1, 0.15) is 5.56 Å². The number of nitrogens with zero attached hydrogens (tertiary/aromatic N) is 1. The van der Waals surface area contributed by atoms with Crippen LogP contribution in [0.15, 0.2) is 176 Å². The van der Waals surface area contributed by atoms with E-state index in [1.165, 1.54) is 68.2 Å². The van der Waals surface area contributed by atoms with Gasteiger partial charge in [-0.05, 0) is 92.0 Å². The van der Waals surface area contributed by atoms with E-state index in [2.05, 4.69) is 170 Å². The fourth-order valence-corrected chi connectivity index (χ4v) is 10.0. The maximum absolute atomic E-state index is 10.0. The fraction of sp³-hybridized carbons (Fsp3) is 0. The van der Waals surface area contributed by atoms with Crippen LogP contribution in [0.4, 0.5) is 0 Å². The summed E-state index contributed by atoms with van der Waals surface area (Å²) in [6, 6.07) is 65.5. The Morgan fingerprint density at radius 2 is 0.750 bits per heavy atom. The van der Waals surface area contributed by atoms with E-state index in [1.54, 1.807) is 0 Å². The third kappa shape index (κ3) is 5.20. The van der Waals surface area contributed by atoms with Crippen molar-refractivity contribution in [3.63, 3.8) is 0 Å². The summed E-state index contributed by atoms with van der Waals surface area (Å²) >= 11 is 3.69. The van der Waals surface area contributed by atoms with Crippen molar-refractivity contribution in [2.24, 2.45) is 0 Å². The standard InChI is InChI=1S/C49H29NS2/c50-30-31-26-38(29-39(27-31)41-13-7-15-45-43-11-2-4-17-47(43)52-49(41)45)34-20-18-32(19-21-34)36-8-5-9-37(28-36)33-22-24-35(25-23-33)40-12-6-14-44-42-10-1-3-16-46(42)51-48(40)44/h1-29H. The van der Waals surface area contributed by atoms with Crippen molar-refractivity contribution in [2.45, 2.75) is 0 Å². The summed E-state index contributed by atoms with van der Waals surface area (Å²) < 4.78 is 5.20. The van der Waals surface area contributed by atoms with Crippen molar-refractivity contribution in [3.05, 3.63) is 181 Å². The number of nitriles is 1. The minimum absolute atomic E-state index is 0.661. The maximum atomic E-state index is 10.0. The lowest BCUT2D eigenvalue weighted by Gasteiger charge is -2.11. The van der Waals surface area contributed by atoms with Crippen molar-refractivity contribution in [1.29, 1.82) is 5.26 Å². The predicted molar refractivity (Wildman–Crippen MR) is 224 cm³/mol. The Hall–Kier alpha value is -6.31. The van der Waals surface area contributed by atoms with Gasteiger partial charge in [0.2, 0.25) is 0 Å². The van der Waals surface area contributed by atoms with Crippen LogP contribution in [0.3, 0.4) is 0 Å². The summed E-state index contributed by atoms with van der Waals surface area (Å²) in [6.07, 6.45) is 0. The average Bonchev–Trinajstić information content (AvgIpc) is 3.80. The molecule has 0 aliphatic carbocycles. The lowest BCUT2D eigenvalue weighted by molar-refractivity contribution is 1.48. The molecule has 0 fully saturated rings. The van der Waals surface area contributed by atoms with Crippen molar-refractivity contribution in [1.82, 2.24) is 0 Å². The molecule has 0 spiro atoms. The Morgan fingerprint density at radius 1 is 0.327 bits per heavy atom. The highest BCUT2D eigenvalue weighted by Gasteiger charge is 2.14. The fourth-order valence-electron chi connectivity index (χ4n) is 7.54. The molecule has 2 heterocycles. The highest BCUT2D eigenvalue weighted by molar-refractivity contribution is 7.26. The lowest BCUT2D eigenvalue weighted by Crippen LogP contribution is -1.87. The molecule has 52 heavy (non-hydrogen) atoms. The number of fused-ring (bicyclic) bond motifs is 6. The predicted octanol–water partition coefficient (Wildman–Crippen LogP) is 14.6. The second-order valence-electron chi connectivity index (χ2n) is 13.2. The molecule has 242 valence electrons. The Labute approximate surface area is 309 Å². The van der Waals surface area contributed by atoms with Crippen LogP contribution in [-0.2, 0) is 0 Å². The summed E-state index contributed by atoms with van der Waals surface area (Å²) in [4.78, 5) is 0. The Morgan fingerprint density at radius 3 is 1.31 bits per heavy atom. The van der Waals surface area contributed by atoms with Gasteiger partial charge in [0.15, 0.2) is 0 Å². The van der Waals surface area contributed by atoms with Gasteiger partial charge in [0, 0.05) is 40.3 Å². The first-order valence-corrected chi connectivity index (χ1v) is 19.0. The van der Waals surface area contributed by atoms with Crippen LogP contribution in [0, 0.1) is 11.3 Å². The van der Waals surface area contributed by atoms with E-state index >= 15 is 0 Å². The molecule has 1 nitrogen and oxygen atoms in total. The van der Waals surface area contributed by atoms with Gasteiger partial charge in [-0.15, -0.1) is 22.7 Å². The van der Waals surface area contributed by atoms with E-state index in [0.29, 0.717) is 5.56 Å². The molecule has 10 rings (SSSR count). The van der Waals surface area contributed by atoms with Gasteiger partial charge >= 0.3 is 0 Å². The first-order chi connectivity index (χ1) is 25.7. The van der Waals surface area contributed by atoms with Gasteiger partial charge in [-0.2, -0.15) is 5.26 Å². The molecule has 0 aliphatic rings. The van der Waals surface area contributed by atoms with Gasteiger partial charge in [0.1, 0.15) is 0 Å². The third-order valence-electron chi connectivity index (χ3n) is 10.1. The van der Waals surface area contributed by atoms with Gasteiger partial charge in [-0.25, -0.2) is 0 Å². The molecule has 0 saturated heterocycles. The molecule has 3 heteroatoms. The summed E-state index contributed by atoms with van der Waals surface area (Å²) in [5.74, 6) is 0. The van der Waals surface area contributed by atoms with Crippen molar-refractivity contribution in [3.8, 4) is 61.7 Å². The maximum Gasteiger partial charge on any atom is 0.0992 e. The van der Waals surface area contributed by atoms with E-state index in [0.717, 1.165) is 27.8 Å². The summed E-state index contributed by atoms with van der Waals surface area (Å²) in [5.41, 5.74) is 12.2. The number of thiophene rings is 2. The normalized spacial score (nSPS) is 11.4. The van der Waals surface area contributed by atoms with Crippen LogP contribution in [-0.4, -0.2) is 0 Å². The molecule has 0 aliphatic heterocycles. The quantitative estimate of drug-likeness (QED) is 0.176. The largest absolute Gasteiger partial charge is 0.192 e. The zero-order chi connectivity index (χ0) is 34.6. The second kappa shape index (κ2) is 12.5. The number of hydrogen-bond donors (Lipinski definition) is 0. The van der Waals surface area contributed by atoms with E-state index < -0.39 is 0 Å². The van der Waals surface area contributed by atoms with Gasteiger partial charge in [0.05, 0.1) is 11.6 Å². The van der Waals surface area contributed by atoms with Gasteiger partial charge in [-0.1, -0.05) is 140 Å². The zero-order valence-electron chi connectivity index (χ0n) is 28.0. The number of hydrogen-bond acceptors (Lipinski definition) is 3. The first kappa shape index (κ1) is 30.5. The van der Waals surface area contributed by atoms with Crippen LogP contribution in [0.2, 0.25) is 0 Å².